The lowest BCUT2D eigenvalue weighted by atomic mass is 10.0. The van der Waals surface area contributed by atoms with Gasteiger partial charge in [-0.3, -0.25) is 14.6 Å². The van der Waals surface area contributed by atoms with Gasteiger partial charge >= 0.3 is 0 Å². The highest BCUT2D eigenvalue weighted by Crippen LogP contribution is 2.22. The van der Waals surface area contributed by atoms with Gasteiger partial charge in [-0.1, -0.05) is 68.4 Å². The molecule has 0 unspecified atom stereocenters. The van der Waals surface area contributed by atoms with Crippen LogP contribution < -0.4 is 5.48 Å². The Hall–Kier alpha value is -2.98. The molecule has 1 amide bonds. The van der Waals surface area contributed by atoms with Crippen molar-refractivity contribution in [2.45, 2.75) is 20.5 Å². The van der Waals surface area contributed by atoms with Crippen LogP contribution in [0.1, 0.15) is 29.8 Å². The molecule has 0 aliphatic rings. The minimum Gasteiger partial charge on any atom is -0.269 e. The molecule has 1 aromatic heterocycles. The molecule has 2 aromatic carbocycles. The number of carbonyl (C=O) groups is 1. The molecule has 128 valence electrons. The van der Waals surface area contributed by atoms with Gasteiger partial charge in [0.15, 0.2) is 0 Å². The van der Waals surface area contributed by atoms with Crippen molar-refractivity contribution in [2.75, 3.05) is 0 Å². The monoisotopic (exact) mass is 334 g/mol. The van der Waals surface area contributed by atoms with Crippen molar-refractivity contribution >= 4 is 5.91 Å². The van der Waals surface area contributed by atoms with E-state index in [4.69, 9.17) is 4.84 Å². The maximum absolute atomic E-state index is 12.4. The molecule has 1 N–H and O–H groups in total. The Labute approximate surface area is 148 Å². The zero-order chi connectivity index (χ0) is 17.9. The van der Waals surface area contributed by atoms with Crippen LogP contribution in [-0.4, -0.2) is 10.9 Å². The molecule has 4 heteroatoms. The van der Waals surface area contributed by atoms with E-state index in [1.54, 1.807) is 18.5 Å². The summed E-state index contributed by atoms with van der Waals surface area (Å²) in [6.45, 7) is 4.32. The van der Waals surface area contributed by atoms with E-state index >= 15 is 0 Å². The molecule has 0 spiro atoms. The molecule has 0 aliphatic heterocycles. The molecule has 4 nitrogen and oxygen atoms in total. The van der Waals surface area contributed by atoms with Crippen LogP contribution in [-0.2, 0) is 11.4 Å². The van der Waals surface area contributed by atoms with Crippen LogP contribution in [0.4, 0.5) is 0 Å². The molecule has 0 fully saturated rings. The average Bonchev–Trinajstić information content (AvgIpc) is 2.71. The van der Waals surface area contributed by atoms with Gasteiger partial charge in [0.2, 0.25) is 0 Å². The van der Waals surface area contributed by atoms with Crippen molar-refractivity contribution in [3.05, 3.63) is 90.3 Å². The zero-order valence-electron chi connectivity index (χ0n) is 14.5. The SMILES string of the molecule is CC.O=C(NOCc1ccccc1)c1ccccc1-c1cccnc1. The fourth-order valence-electron chi connectivity index (χ4n) is 2.27. The summed E-state index contributed by atoms with van der Waals surface area (Å²) in [6.07, 6.45) is 3.44. The molecular formula is C21H22N2O2. The number of hydrogen-bond acceptors (Lipinski definition) is 3. The molecule has 3 aromatic rings. The third-order valence-electron chi connectivity index (χ3n) is 3.39. The van der Waals surface area contributed by atoms with Gasteiger partial charge in [-0.2, -0.15) is 0 Å². The first-order valence-corrected chi connectivity index (χ1v) is 8.30. The second kappa shape index (κ2) is 10.0. The number of pyridine rings is 1. The summed E-state index contributed by atoms with van der Waals surface area (Å²) in [6, 6.07) is 20.8. The largest absolute Gasteiger partial charge is 0.275 e. The van der Waals surface area contributed by atoms with E-state index in [1.165, 1.54) is 0 Å². The number of nitrogens with one attached hydrogen (secondary N) is 1. The number of amides is 1. The number of carbonyl (C=O) groups excluding carboxylic acids is 1. The highest BCUT2D eigenvalue weighted by molar-refractivity contribution is 6.00. The Morgan fingerprint density at radius 2 is 1.68 bits per heavy atom. The van der Waals surface area contributed by atoms with Gasteiger partial charge in [-0.15, -0.1) is 0 Å². The van der Waals surface area contributed by atoms with Crippen molar-refractivity contribution in [3.63, 3.8) is 0 Å². The van der Waals surface area contributed by atoms with Crippen LogP contribution in [0.15, 0.2) is 79.1 Å². The van der Waals surface area contributed by atoms with Crippen LogP contribution >= 0.6 is 0 Å². The lowest BCUT2D eigenvalue weighted by Crippen LogP contribution is -2.24. The Morgan fingerprint density at radius 1 is 0.960 bits per heavy atom. The van der Waals surface area contributed by atoms with Crippen LogP contribution in [0.25, 0.3) is 11.1 Å². The van der Waals surface area contributed by atoms with Crippen LogP contribution in [0, 0.1) is 0 Å². The number of hydrogen-bond donors (Lipinski definition) is 1. The van der Waals surface area contributed by atoms with Crippen molar-refractivity contribution in [3.8, 4) is 11.1 Å². The summed E-state index contributed by atoms with van der Waals surface area (Å²) in [7, 11) is 0. The van der Waals surface area contributed by atoms with Crippen molar-refractivity contribution < 1.29 is 9.63 Å². The van der Waals surface area contributed by atoms with E-state index in [0.29, 0.717) is 12.2 Å². The quantitative estimate of drug-likeness (QED) is 0.692. The standard InChI is InChI=1S/C19H16N2O2.C2H6/c22-19(21-23-14-15-7-2-1-3-8-15)18-11-5-4-10-17(18)16-9-6-12-20-13-16;1-2/h1-13H,14H2,(H,21,22);1-2H3. The van der Waals surface area contributed by atoms with Crippen LogP contribution in [0.5, 0.6) is 0 Å². The second-order valence-electron chi connectivity index (χ2n) is 4.99. The van der Waals surface area contributed by atoms with E-state index in [-0.39, 0.29) is 5.91 Å². The van der Waals surface area contributed by atoms with E-state index in [2.05, 4.69) is 10.5 Å². The number of rotatable bonds is 5. The highest BCUT2D eigenvalue weighted by atomic mass is 16.6. The van der Waals surface area contributed by atoms with Crippen molar-refractivity contribution in [2.24, 2.45) is 0 Å². The molecule has 3 rings (SSSR count). The summed E-state index contributed by atoms with van der Waals surface area (Å²) in [4.78, 5) is 21.8. The number of nitrogens with zero attached hydrogens (tertiary/aromatic N) is 1. The number of benzene rings is 2. The first-order valence-electron chi connectivity index (χ1n) is 8.30. The normalized spacial score (nSPS) is 9.68. The molecule has 0 bridgehead atoms. The van der Waals surface area contributed by atoms with Gasteiger partial charge in [0, 0.05) is 23.5 Å². The molecule has 0 saturated carbocycles. The molecule has 0 atom stereocenters. The minimum absolute atomic E-state index is 0.277. The molecule has 25 heavy (non-hydrogen) atoms. The highest BCUT2D eigenvalue weighted by Gasteiger charge is 2.12. The van der Waals surface area contributed by atoms with Gasteiger partial charge in [-0.25, -0.2) is 5.48 Å². The van der Waals surface area contributed by atoms with Crippen LogP contribution in [0.2, 0.25) is 0 Å². The van der Waals surface area contributed by atoms with E-state index in [9.17, 15) is 4.79 Å². The number of aromatic nitrogens is 1. The zero-order valence-corrected chi connectivity index (χ0v) is 14.5. The molecule has 1 heterocycles. The Balaban J connectivity index is 0.00000109. The summed E-state index contributed by atoms with van der Waals surface area (Å²) < 4.78 is 0. The maximum Gasteiger partial charge on any atom is 0.275 e. The van der Waals surface area contributed by atoms with Crippen LogP contribution in [0.3, 0.4) is 0 Å². The number of hydroxylamine groups is 1. The first kappa shape index (κ1) is 18.4. The molecule has 0 aliphatic carbocycles. The van der Waals surface area contributed by atoms with E-state index in [0.717, 1.165) is 16.7 Å². The van der Waals surface area contributed by atoms with Gasteiger partial charge in [0.25, 0.3) is 5.91 Å². The molecular weight excluding hydrogens is 312 g/mol. The molecule has 0 saturated heterocycles. The van der Waals surface area contributed by atoms with Gasteiger partial charge in [0.1, 0.15) is 0 Å². The van der Waals surface area contributed by atoms with Gasteiger partial charge in [-0.05, 0) is 23.3 Å². The Bertz CT molecular complexity index is 774. The predicted molar refractivity (Wildman–Crippen MR) is 99.7 cm³/mol. The minimum atomic E-state index is -0.277. The Kier molecular flexibility index (Phi) is 7.35. The summed E-state index contributed by atoms with van der Waals surface area (Å²) in [5, 5.41) is 0. The first-order chi connectivity index (χ1) is 12.3. The topological polar surface area (TPSA) is 51.2 Å². The molecule has 0 radical (unpaired) electrons. The van der Waals surface area contributed by atoms with Gasteiger partial charge in [0.05, 0.1) is 6.61 Å². The summed E-state index contributed by atoms with van der Waals surface area (Å²) in [5.41, 5.74) is 5.75. The average molecular weight is 334 g/mol. The second-order valence-corrected chi connectivity index (χ2v) is 4.99. The predicted octanol–water partition coefficient (Wildman–Crippen LogP) is 4.64. The fraction of sp³-hybridized carbons (Fsp3) is 0.143. The van der Waals surface area contributed by atoms with Gasteiger partial charge < -0.3 is 0 Å². The lowest BCUT2D eigenvalue weighted by molar-refractivity contribution is 0.0234. The van der Waals surface area contributed by atoms with E-state index < -0.39 is 0 Å². The third kappa shape index (κ3) is 5.26. The smallest absolute Gasteiger partial charge is 0.269 e. The Morgan fingerprint density at radius 3 is 2.40 bits per heavy atom. The summed E-state index contributed by atoms with van der Waals surface area (Å²) >= 11 is 0. The fourth-order valence-corrected chi connectivity index (χ4v) is 2.27. The van der Waals surface area contributed by atoms with Crippen molar-refractivity contribution in [1.82, 2.24) is 10.5 Å². The maximum atomic E-state index is 12.4. The van der Waals surface area contributed by atoms with Crippen molar-refractivity contribution in [1.29, 1.82) is 0 Å². The lowest BCUT2D eigenvalue weighted by Gasteiger charge is -2.10. The third-order valence-corrected chi connectivity index (χ3v) is 3.39. The van der Waals surface area contributed by atoms with E-state index in [1.807, 2.05) is 74.5 Å². The summed E-state index contributed by atoms with van der Waals surface area (Å²) in [5.74, 6) is -0.277.